The van der Waals surface area contributed by atoms with Gasteiger partial charge in [0.2, 0.25) is 0 Å². The molecule has 0 aliphatic heterocycles. The van der Waals surface area contributed by atoms with E-state index in [1.807, 2.05) is 6.07 Å². The number of primary amides is 1. The zero-order valence-electron chi connectivity index (χ0n) is 8.78. The fraction of sp³-hybridized carbons (Fsp3) is 0.300. The Balaban J connectivity index is 2.40. The molecule has 0 spiro atoms. The van der Waals surface area contributed by atoms with Crippen LogP contribution in [0.1, 0.15) is 21.5 Å². The van der Waals surface area contributed by atoms with Gasteiger partial charge in [-0.15, -0.1) is 11.3 Å². The van der Waals surface area contributed by atoms with E-state index >= 15 is 0 Å². The molecule has 0 bridgehead atoms. The summed E-state index contributed by atoms with van der Waals surface area (Å²) in [6.45, 7) is 1.84. The standard InChI is InChI=1S/C10H12N2O3S/c1-6(13)8-3-2-7(16-8)4-5-12-10(15)9(11)14/h2-3H,4-5H2,1H3,(H2,11,14)(H,12,15). The first-order valence-corrected chi connectivity index (χ1v) is 5.49. The lowest BCUT2D eigenvalue weighted by Gasteiger charge is -1.99. The van der Waals surface area contributed by atoms with Crippen molar-refractivity contribution < 1.29 is 14.4 Å². The summed E-state index contributed by atoms with van der Waals surface area (Å²) in [5.74, 6) is -1.75. The summed E-state index contributed by atoms with van der Waals surface area (Å²) in [7, 11) is 0. The van der Waals surface area contributed by atoms with E-state index in [9.17, 15) is 14.4 Å². The van der Waals surface area contributed by atoms with Crippen LogP contribution in [-0.4, -0.2) is 24.1 Å². The minimum Gasteiger partial charge on any atom is -0.361 e. The maximum Gasteiger partial charge on any atom is 0.309 e. The number of Topliss-reactive ketones (excluding diaryl/α,β-unsaturated/α-hetero) is 1. The average Bonchev–Trinajstić information content (AvgIpc) is 2.66. The lowest BCUT2D eigenvalue weighted by atomic mass is 10.3. The molecule has 1 heterocycles. The second-order valence-corrected chi connectivity index (χ2v) is 4.36. The molecule has 0 fully saturated rings. The lowest BCUT2D eigenvalue weighted by molar-refractivity contribution is -0.137. The van der Waals surface area contributed by atoms with Crippen molar-refractivity contribution in [3.8, 4) is 0 Å². The van der Waals surface area contributed by atoms with E-state index in [-0.39, 0.29) is 5.78 Å². The van der Waals surface area contributed by atoms with Gasteiger partial charge in [-0.25, -0.2) is 0 Å². The molecule has 0 aliphatic rings. The van der Waals surface area contributed by atoms with Gasteiger partial charge in [0.1, 0.15) is 0 Å². The molecule has 1 aromatic heterocycles. The monoisotopic (exact) mass is 240 g/mol. The number of thiophene rings is 1. The predicted molar refractivity (Wildman–Crippen MR) is 60.2 cm³/mol. The van der Waals surface area contributed by atoms with E-state index in [0.717, 1.165) is 4.88 Å². The summed E-state index contributed by atoms with van der Waals surface area (Å²) in [6.07, 6.45) is 0.580. The number of hydrogen-bond donors (Lipinski definition) is 2. The van der Waals surface area contributed by atoms with Crippen LogP contribution in [0.3, 0.4) is 0 Å². The first-order valence-electron chi connectivity index (χ1n) is 4.68. The van der Waals surface area contributed by atoms with Crippen molar-refractivity contribution in [2.45, 2.75) is 13.3 Å². The number of hydrogen-bond acceptors (Lipinski definition) is 4. The summed E-state index contributed by atoms with van der Waals surface area (Å²) in [6, 6.07) is 3.58. The SMILES string of the molecule is CC(=O)c1ccc(CCNC(=O)C(N)=O)s1. The van der Waals surface area contributed by atoms with E-state index in [0.29, 0.717) is 17.8 Å². The van der Waals surface area contributed by atoms with Crippen LogP contribution in [0.4, 0.5) is 0 Å². The maximum absolute atomic E-state index is 11.0. The molecular formula is C10H12N2O3S. The number of carbonyl (C=O) groups excluding carboxylic acids is 3. The zero-order valence-corrected chi connectivity index (χ0v) is 9.60. The summed E-state index contributed by atoms with van der Waals surface area (Å²) in [4.78, 5) is 33.9. The number of rotatable bonds is 4. The minimum absolute atomic E-state index is 0.0254. The van der Waals surface area contributed by atoms with E-state index in [1.165, 1.54) is 18.3 Å². The Kier molecular flexibility index (Phi) is 4.19. The van der Waals surface area contributed by atoms with E-state index < -0.39 is 11.8 Å². The number of carbonyl (C=O) groups is 3. The Labute approximate surface area is 96.6 Å². The van der Waals surface area contributed by atoms with Crippen molar-refractivity contribution in [3.63, 3.8) is 0 Å². The van der Waals surface area contributed by atoms with Crippen LogP contribution in [0, 0.1) is 0 Å². The molecule has 86 valence electrons. The third kappa shape index (κ3) is 3.47. The van der Waals surface area contributed by atoms with Crippen LogP contribution < -0.4 is 11.1 Å². The van der Waals surface area contributed by atoms with Gasteiger partial charge in [0.25, 0.3) is 0 Å². The molecule has 0 unspecified atom stereocenters. The Bertz CT molecular complexity index is 425. The highest BCUT2D eigenvalue weighted by Crippen LogP contribution is 2.16. The lowest BCUT2D eigenvalue weighted by Crippen LogP contribution is -2.36. The van der Waals surface area contributed by atoms with Gasteiger partial charge in [0, 0.05) is 11.4 Å². The van der Waals surface area contributed by atoms with Crippen LogP contribution in [0.15, 0.2) is 12.1 Å². The first-order chi connectivity index (χ1) is 7.50. The Hall–Kier alpha value is -1.69. The smallest absolute Gasteiger partial charge is 0.309 e. The summed E-state index contributed by atoms with van der Waals surface area (Å²) in [5.41, 5.74) is 4.77. The van der Waals surface area contributed by atoms with Crippen molar-refractivity contribution in [3.05, 3.63) is 21.9 Å². The third-order valence-corrected chi connectivity index (χ3v) is 3.14. The zero-order chi connectivity index (χ0) is 12.1. The molecule has 0 saturated carbocycles. The quantitative estimate of drug-likeness (QED) is 0.577. The number of amides is 2. The maximum atomic E-state index is 11.0. The van der Waals surface area contributed by atoms with Gasteiger partial charge in [-0.1, -0.05) is 0 Å². The summed E-state index contributed by atoms with van der Waals surface area (Å²) < 4.78 is 0. The van der Waals surface area contributed by atoms with Gasteiger partial charge in [0.05, 0.1) is 4.88 Å². The van der Waals surface area contributed by atoms with Gasteiger partial charge >= 0.3 is 11.8 Å². The molecule has 3 N–H and O–H groups in total. The molecule has 0 aliphatic carbocycles. The number of nitrogens with two attached hydrogens (primary N) is 1. The van der Waals surface area contributed by atoms with Crippen molar-refractivity contribution in [1.82, 2.24) is 5.32 Å². The molecule has 0 radical (unpaired) electrons. The average molecular weight is 240 g/mol. The molecule has 0 saturated heterocycles. The van der Waals surface area contributed by atoms with Crippen LogP contribution in [0.2, 0.25) is 0 Å². The summed E-state index contributed by atoms with van der Waals surface area (Å²) >= 11 is 1.38. The fourth-order valence-electron chi connectivity index (χ4n) is 1.09. The molecular weight excluding hydrogens is 228 g/mol. The highest BCUT2D eigenvalue weighted by molar-refractivity contribution is 7.14. The Morgan fingerprint density at radius 1 is 1.38 bits per heavy atom. The van der Waals surface area contributed by atoms with Gasteiger partial charge in [-0.2, -0.15) is 0 Å². The van der Waals surface area contributed by atoms with Crippen molar-refractivity contribution >= 4 is 28.9 Å². The van der Waals surface area contributed by atoms with Gasteiger partial charge in [-0.05, 0) is 25.5 Å². The van der Waals surface area contributed by atoms with E-state index in [4.69, 9.17) is 5.73 Å². The van der Waals surface area contributed by atoms with E-state index in [2.05, 4.69) is 5.32 Å². The highest BCUT2D eigenvalue weighted by atomic mass is 32.1. The molecule has 1 aromatic rings. The topological polar surface area (TPSA) is 89.3 Å². The van der Waals surface area contributed by atoms with Gasteiger partial charge < -0.3 is 11.1 Å². The van der Waals surface area contributed by atoms with Gasteiger partial charge in [0.15, 0.2) is 5.78 Å². The normalized spacial score (nSPS) is 9.81. The number of nitrogens with one attached hydrogen (secondary N) is 1. The van der Waals surface area contributed by atoms with Crippen LogP contribution in [0.25, 0.3) is 0 Å². The fourth-order valence-corrected chi connectivity index (χ4v) is 1.99. The predicted octanol–water partition coefficient (Wildman–Crippen LogP) is 0.0947. The minimum atomic E-state index is -0.990. The van der Waals surface area contributed by atoms with Crippen molar-refractivity contribution in [2.24, 2.45) is 5.73 Å². The summed E-state index contributed by atoms with van der Waals surface area (Å²) in [5, 5.41) is 2.38. The molecule has 16 heavy (non-hydrogen) atoms. The second-order valence-electron chi connectivity index (χ2n) is 3.19. The van der Waals surface area contributed by atoms with Crippen LogP contribution in [-0.2, 0) is 16.0 Å². The molecule has 1 rings (SSSR count). The largest absolute Gasteiger partial charge is 0.361 e. The van der Waals surface area contributed by atoms with Gasteiger partial charge in [-0.3, -0.25) is 14.4 Å². The Morgan fingerprint density at radius 3 is 2.56 bits per heavy atom. The second kappa shape index (κ2) is 5.41. The molecule has 5 nitrogen and oxygen atoms in total. The third-order valence-electron chi connectivity index (χ3n) is 1.89. The van der Waals surface area contributed by atoms with Crippen LogP contribution in [0.5, 0.6) is 0 Å². The molecule has 6 heteroatoms. The van der Waals surface area contributed by atoms with Crippen LogP contribution >= 0.6 is 11.3 Å². The van der Waals surface area contributed by atoms with E-state index in [1.54, 1.807) is 6.07 Å². The molecule has 0 atom stereocenters. The highest BCUT2D eigenvalue weighted by Gasteiger charge is 2.08. The molecule has 0 aromatic carbocycles. The number of ketones is 1. The molecule has 2 amide bonds. The van der Waals surface area contributed by atoms with Crippen molar-refractivity contribution in [1.29, 1.82) is 0 Å². The first kappa shape index (κ1) is 12.4. The Morgan fingerprint density at radius 2 is 2.06 bits per heavy atom. The van der Waals surface area contributed by atoms with Crippen molar-refractivity contribution in [2.75, 3.05) is 6.54 Å².